The van der Waals surface area contributed by atoms with Crippen molar-refractivity contribution in [3.8, 4) is 0 Å². The van der Waals surface area contributed by atoms with Crippen LogP contribution in [0.3, 0.4) is 0 Å². The molecule has 0 unspecified atom stereocenters. The van der Waals surface area contributed by atoms with Gasteiger partial charge in [-0.05, 0) is 56.3 Å². The lowest BCUT2D eigenvalue weighted by atomic mass is 10.1. The minimum absolute atomic E-state index is 0.116. The highest BCUT2D eigenvalue weighted by atomic mass is 35.5. The highest BCUT2D eigenvalue weighted by molar-refractivity contribution is 7.09. The van der Waals surface area contributed by atoms with Gasteiger partial charge >= 0.3 is 12.2 Å². The number of nitrogens with one attached hydrogen (secondary N) is 1. The number of carbonyl (C=O) groups is 2. The molecule has 1 saturated heterocycles. The van der Waals surface area contributed by atoms with Crippen molar-refractivity contribution in [2.24, 2.45) is 0 Å². The quantitative estimate of drug-likeness (QED) is 0.385. The summed E-state index contributed by atoms with van der Waals surface area (Å²) in [6, 6.07) is 11.6. The van der Waals surface area contributed by atoms with Gasteiger partial charge in [-0.15, -0.1) is 11.3 Å². The van der Waals surface area contributed by atoms with Gasteiger partial charge in [0.15, 0.2) is 0 Å². The van der Waals surface area contributed by atoms with Crippen LogP contribution in [0.5, 0.6) is 0 Å². The summed E-state index contributed by atoms with van der Waals surface area (Å²) in [7, 11) is 0. The first-order valence-electron chi connectivity index (χ1n) is 12.0. The van der Waals surface area contributed by atoms with Gasteiger partial charge in [-0.25, -0.2) is 9.78 Å². The topological polar surface area (TPSA) is 68.8 Å². The fraction of sp³-hybridized carbons (Fsp3) is 0.346. The number of thiazole rings is 1. The van der Waals surface area contributed by atoms with Crippen molar-refractivity contribution >= 4 is 46.3 Å². The van der Waals surface area contributed by atoms with Crippen molar-refractivity contribution in [3.63, 3.8) is 0 Å². The van der Waals surface area contributed by atoms with Crippen LogP contribution in [0.1, 0.15) is 34.9 Å². The molecule has 0 saturated carbocycles. The number of urea groups is 1. The van der Waals surface area contributed by atoms with E-state index in [9.17, 15) is 22.8 Å². The lowest BCUT2D eigenvalue weighted by Gasteiger charge is -2.36. The molecule has 4 rings (SSSR count). The van der Waals surface area contributed by atoms with Crippen LogP contribution in [0.15, 0.2) is 53.9 Å². The second kappa shape index (κ2) is 11.6. The number of benzene rings is 2. The maximum Gasteiger partial charge on any atom is 0.416 e. The summed E-state index contributed by atoms with van der Waals surface area (Å²) in [5.41, 5.74) is 0.693. The second-order valence-corrected chi connectivity index (χ2v) is 10.5. The zero-order chi connectivity index (χ0) is 27.4. The standard InChI is InChI=1S/C26H27ClF3N5O2S/c1-17(2)35(25(37)31-20-8-6-19(27)7-9-20)15-23-32-22(16-38-23)24(36)34-12-10-33(11-13-34)21-5-3-4-18(14-21)26(28,29)30/h3-9,14,16-17H,10-13,15H2,1-2H3,(H,31,37). The number of rotatable bonds is 6. The molecule has 1 fully saturated rings. The van der Waals surface area contributed by atoms with E-state index in [0.717, 1.165) is 12.1 Å². The molecule has 2 aromatic carbocycles. The van der Waals surface area contributed by atoms with Crippen LogP contribution < -0.4 is 10.2 Å². The molecule has 202 valence electrons. The molecule has 1 aliphatic heterocycles. The molecule has 1 aromatic heterocycles. The number of anilines is 2. The van der Waals surface area contributed by atoms with E-state index < -0.39 is 11.7 Å². The Labute approximate surface area is 227 Å². The van der Waals surface area contributed by atoms with Gasteiger partial charge in [0.05, 0.1) is 12.1 Å². The van der Waals surface area contributed by atoms with E-state index in [4.69, 9.17) is 11.6 Å². The second-order valence-electron chi connectivity index (χ2n) is 9.11. The average Bonchev–Trinajstić information content (AvgIpc) is 3.36. The van der Waals surface area contributed by atoms with Gasteiger partial charge in [-0.1, -0.05) is 17.7 Å². The first kappa shape index (κ1) is 27.7. The average molecular weight is 566 g/mol. The van der Waals surface area contributed by atoms with Gasteiger partial charge < -0.3 is 20.0 Å². The molecule has 0 bridgehead atoms. The van der Waals surface area contributed by atoms with E-state index in [2.05, 4.69) is 10.3 Å². The van der Waals surface area contributed by atoms with Crippen LogP contribution in [-0.4, -0.2) is 58.9 Å². The molecule has 3 aromatic rings. The van der Waals surface area contributed by atoms with Crippen LogP contribution in [-0.2, 0) is 12.7 Å². The molecule has 0 radical (unpaired) electrons. The van der Waals surface area contributed by atoms with Crippen LogP contribution in [0, 0.1) is 0 Å². The summed E-state index contributed by atoms with van der Waals surface area (Å²) in [5, 5.41) is 5.71. The summed E-state index contributed by atoms with van der Waals surface area (Å²) in [4.78, 5) is 35.5. The highest BCUT2D eigenvalue weighted by Crippen LogP contribution is 2.32. The predicted octanol–water partition coefficient (Wildman–Crippen LogP) is 6.22. The Hall–Kier alpha value is -3.31. The fourth-order valence-corrected chi connectivity index (χ4v) is 4.95. The van der Waals surface area contributed by atoms with Crippen LogP contribution in [0.4, 0.5) is 29.3 Å². The summed E-state index contributed by atoms with van der Waals surface area (Å²) >= 11 is 7.21. The van der Waals surface area contributed by atoms with Gasteiger partial charge in [0.25, 0.3) is 5.91 Å². The number of carbonyl (C=O) groups excluding carboxylic acids is 2. The van der Waals surface area contributed by atoms with E-state index in [0.29, 0.717) is 53.3 Å². The van der Waals surface area contributed by atoms with Gasteiger partial charge in [0.2, 0.25) is 0 Å². The van der Waals surface area contributed by atoms with E-state index in [1.807, 2.05) is 18.7 Å². The molecule has 7 nitrogen and oxygen atoms in total. The third-order valence-corrected chi connectivity index (χ3v) is 7.25. The predicted molar refractivity (Wildman–Crippen MR) is 143 cm³/mol. The Balaban J connectivity index is 1.35. The smallest absolute Gasteiger partial charge is 0.368 e. The number of piperazine rings is 1. The van der Waals surface area contributed by atoms with Gasteiger partial charge in [-0.3, -0.25) is 4.79 Å². The zero-order valence-corrected chi connectivity index (χ0v) is 22.4. The Morgan fingerprint density at radius 2 is 1.79 bits per heavy atom. The van der Waals surface area contributed by atoms with Crippen molar-refractivity contribution in [2.45, 2.75) is 32.6 Å². The number of aromatic nitrogens is 1. The summed E-state index contributed by atoms with van der Waals surface area (Å²) in [6.45, 7) is 5.58. The number of amides is 3. The SMILES string of the molecule is CC(C)N(Cc1nc(C(=O)N2CCN(c3cccc(C(F)(F)F)c3)CC2)cs1)C(=O)Nc1ccc(Cl)cc1. The third kappa shape index (κ3) is 6.76. The molecule has 38 heavy (non-hydrogen) atoms. The summed E-state index contributed by atoms with van der Waals surface area (Å²) in [5.74, 6) is -0.238. The fourth-order valence-electron chi connectivity index (χ4n) is 4.05. The van der Waals surface area contributed by atoms with Crippen molar-refractivity contribution in [1.29, 1.82) is 0 Å². The van der Waals surface area contributed by atoms with E-state index in [-0.39, 0.29) is 24.5 Å². The number of halogens is 4. The first-order valence-corrected chi connectivity index (χ1v) is 13.3. The van der Waals surface area contributed by atoms with E-state index in [1.54, 1.807) is 45.5 Å². The normalized spacial score (nSPS) is 14.1. The molecular formula is C26H27ClF3N5O2S. The van der Waals surface area contributed by atoms with Crippen molar-refractivity contribution in [1.82, 2.24) is 14.8 Å². The molecule has 2 heterocycles. The van der Waals surface area contributed by atoms with Crippen molar-refractivity contribution in [3.05, 3.63) is 75.2 Å². The molecular weight excluding hydrogens is 539 g/mol. The Kier molecular flexibility index (Phi) is 8.47. The number of hydrogen-bond donors (Lipinski definition) is 1. The largest absolute Gasteiger partial charge is 0.416 e. The molecule has 0 spiro atoms. The summed E-state index contributed by atoms with van der Waals surface area (Å²) in [6.07, 6.45) is -4.40. The molecule has 12 heteroatoms. The molecule has 1 N–H and O–H groups in total. The molecule has 1 aliphatic rings. The highest BCUT2D eigenvalue weighted by Gasteiger charge is 2.31. The zero-order valence-electron chi connectivity index (χ0n) is 20.8. The number of nitrogens with zero attached hydrogens (tertiary/aromatic N) is 4. The minimum atomic E-state index is -4.40. The lowest BCUT2D eigenvalue weighted by Crippen LogP contribution is -2.49. The van der Waals surface area contributed by atoms with Crippen molar-refractivity contribution < 1.29 is 22.8 Å². The molecule has 0 atom stereocenters. The monoisotopic (exact) mass is 565 g/mol. The maximum absolute atomic E-state index is 13.1. The van der Waals surface area contributed by atoms with Crippen LogP contribution in [0.2, 0.25) is 5.02 Å². The Morgan fingerprint density at radius 3 is 2.42 bits per heavy atom. The molecule has 3 amide bonds. The minimum Gasteiger partial charge on any atom is -0.368 e. The Bertz CT molecular complexity index is 1270. The van der Waals surface area contributed by atoms with Gasteiger partial charge in [0.1, 0.15) is 10.7 Å². The third-order valence-electron chi connectivity index (χ3n) is 6.16. The number of alkyl halides is 3. The van der Waals surface area contributed by atoms with Gasteiger partial charge in [-0.2, -0.15) is 13.2 Å². The van der Waals surface area contributed by atoms with E-state index >= 15 is 0 Å². The maximum atomic E-state index is 13.1. The first-order chi connectivity index (χ1) is 18.0. The van der Waals surface area contributed by atoms with E-state index in [1.165, 1.54) is 17.4 Å². The number of hydrogen-bond acceptors (Lipinski definition) is 5. The summed E-state index contributed by atoms with van der Waals surface area (Å²) < 4.78 is 39.2. The molecule has 0 aliphatic carbocycles. The van der Waals surface area contributed by atoms with Crippen LogP contribution in [0.25, 0.3) is 0 Å². The Morgan fingerprint density at radius 1 is 1.11 bits per heavy atom. The lowest BCUT2D eigenvalue weighted by molar-refractivity contribution is -0.137. The van der Waals surface area contributed by atoms with Crippen LogP contribution >= 0.6 is 22.9 Å². The van der Waals surface area contributed by atoms with Crippen molar-refractivity contribution in [2.75, 3.05) is 36.4 Å². The van der Waals surface area contributed by atoms with Gasteiger partial charge in [0, 0.05) is 54.0 Å².